The molecule has 12 heteroatoms. The Balaban J connectivity index is 1.75. The number of nitrogens with zero attached hydrogens (tertiary/aromatic N) is 10. The first-order valence-electron chi connectivity index (χ1n) is 6.48. The van der Waals surface area contributed by atoms with Crippen LogP contribution in [0.3, 0.4) is 0 Å². The number of ether oxygens (including phenoxy) is 2. The summed E-state index contributed by atoms with van der Waals surface area (Å²) in [5.41, 5.74) is 1.49. The lowest BCUT2D eigenvalue weighted by Gasteiger charge is -2.06. The Morgan fingerprint density at radius 1 is 1.00 bits per heavy atom. The van der Waals surface area contributed by atoms with E-state index in [-0.39, 0.29) is 6.67 Å². The van der Waals surface area contributed by atoms with E-state index >= 15 is 0 Å². The summed E-state index contributed by atoms with van der Waals surface area (Å²) in [6.07, 6.45) is 2.86. The molecule has 0 aliphatic carbocycles. The van der Waals surface area contributed by atoms with Crippen LogP contribution < -0.4 is 9.47 Å². The number of aromatic nitrogens is 10. The molecule has 12 nitrogen and oxygen atoms in total. The second-order valence-corrected chi connectivity index (χ2v) is 4.45. The van der Waals surface area contributed by atoms with Gasteiger partial charge in [-0.25, -0.2) is 19.3 Å². The summed E-state index contributed by atoms with van der Waals surface area (Å²) in [4.78, 5) is 8.35. The molecule has 4 heterocycles. The SMILES string of the molecule is COc1nnc2nn(Cn3nc(OC)c4ncnnc43)cnc1-2. The van der Waals surface area contributed by atoms with Gasteiger partial charge in [0.25, 0.3) is 11.8 Å². The van der Waals surface area contributed by atoms with Gasteiger partial charge in [-0.2, -0.15) is 0 Å². The molecule has 0 saturated heterocycles. The second kappa shape index (κ2) is 5.08. The van der Waals surface area contributed by atoms with Crippen molar-refractivity contribution in [3.05, 3.63) is 12.7 Å². The normalized spacial score (nSPS) is 11.2. The quantitative estimate of drug-likeness (QED) is 0.473. The van der Waals surface area contributed by atoms with Crippen LogP contribution in [0.2, 0.25) is 0 Å². The highest BCUT2D eigenvalue weighted by atomic mass is 16.5. The molecule has 0 saturated carbocycles. The maximum Gasteiger partial charge on any atom is 0.263 e. The molecule has 2 aliphatic heterocycles. The molecule has 0 aromatic carbocycles. The van der Waals surface area contributed by atoms with E-state index in [1.54, 1.807) is 4.68 Å². The van der Waals surface area contributed by atoms with Crippen molar-refractivity contribution in [3.8, 4) is 23.3 Å². The van der Waals surface area contributed by atoms with Crippen molar-refractivity contribution in [2.45, 2.75) is 6.67 Å². The third-order valence-electron chi connectivity index (χ3n) is 3.12. The molecule has 2 aliphatic rings. The molecule has 4 rings (SSSR count). The number of rotatable bonds is 4. The molecule has 2 aromatic heterocycles. The van der Waals surface area contributed by atoms with Crippen LogP contribution in [0.5, 0.6) is 11.8 Å². The predicted molar refractivity (Wildman–Crippen MR) is 73.9 cm³/mol. The van der Waals surface area contributed by atoms with Crippen LogP contribution in [0.1, 0.15) is 0 Å². The number of methoxy groups -OCH3 is 2. The van der Waals surface area contributed by atoms with E-state index in [1.807, 2.05) is 0 Å². The maximum atomic E-state index is 5.19. The van der Waals surface area contributed by atoms with Gasteiger partial charge in [0.05, 0.1) is 14.2 Å². The lowest BCUT2D eigenvalue weighted by Crippen LogP contribution is -2.15. The molecule has 0 spiro atoms. The Hall–Kier alpha value is -3.44. The molecule has 0 atom stereocenters. The Bertz CT molecular complexity index is 947. The molecule has 0 N–H and O–H groups in total. The first-order chi connectivity index (χ1) is 11.3. The number of hydrogen-bond acceptors (Lipinski definition) is 10. The molecule has 0 radical (unpaired) electrons. The highest BCUT2D eigenvalue weighted by molar-refractivity contribution is 5.75. The topological polar surface area (TPSA) is 131 Å². The molecule has 2 aromatic rings. The summed E-state index contributed by atoms with van der Waals surface area (Å²) in [6, 6.07) is 0. The average molecular weight is 314 g/mol. The average Bonchev–Trinajstić information content (AvgIpc) is 3.16. The van der Waals surface area contributed by atoms with Gasteiger partial charge in [0.2, 0.25) is 11.5 Å². The smallest absolute Gasteiger partial charge is 0.263 e. The number of fused-ring (bicyclic) bond motifs is 2. The largest absolute Gasteiger partial charge is 0.478 e. The van der Waals surface area contributed by atoms with Crippen LogP contribution >= 0.6 is 0 Å². The van der Waals surface area contributed by atoms with Crippen LogP contribution in [-0.2, 0) is 6.67 Å². The zero-order chi connectivity index (χ0) is 15.8. The predicted octanol–water partition coefficient (Wildman–Crippen LogP) is -0.769. The minimum atomic E-state index is 0.234. The molecule has 23 heavy (non-hydrogen) atoms. The van der Waals surface area contributed by atoms with E-state index in [4.69, 9.17) is 9.47 Å². The van der Waals surface area contributed by atoms with Crippen LogP contribution in [0.4, 0.5) is 0 Å². The van der Waals surface area contributed by atoms with Gasteiger partial charge in [0.15, 0.2) is 11.2 Å². The Labute approximate surface area is 128 Å². The molecular formula is C11H10N10O2. The lowest BCUT2D eigenvalue weighted by molar-refractivity contribution is 0.385. The summed E-state index contributed by atoms with van der Waals surface area (Å²) < 4.78 is 13.3. The molecule has 0 fully saturated rings. The van der Waals surface area contributed by atoms with Gasteiger partial charge in [0, 0.05) is 0 Å². The third-order valence-corrected chi connectivity index (χ3v) is 3.12. The van der Waals surface area contributed by atoms with Gasteiger partial charge < -0.3 is 9.47 Å². The Morgan fingerprint density at radius 3 is 2.70 bits per heavy atom. The van der Waals surface area contributed by atoms with Crippen LogP contribution in [0, 0.1) is 0 Å². The van der Waals surface area contributed by atoms with Crippen molar-refractivity contribution in [1.82, 2.24) is 49.9 Å². The fourth-order valence-corrected chi connectivity index (χ4v) is 2.11. The molecule has 0 bridgehead atoms. The van der Waals surface area contributed by atoms with E-state index < -0.39 is 0 Å². The van der Waals surface area contributed by atoms with E-state index in [0.29, 0.717) is 34.4 Å². The zero-order valence-corrected chi connectivity index (χ0v) is 12.2. The van der Waals surface area contributed by atoms with Crippen molar-refractivity contribution >= 4 is 11.2 Å². The minimum absolute atomic E-state index is 0.234. The monoisotopic (exact) mass is 314 g/mol. The van der Waals surface area contributed by atoms with Gasteiger partial charge in [0.1, 0.15) is 19.3 Å². The van der Waals surface area contributed by atoms with E-state index in [9.17, 15) is 0 Å². The second-order valence-electron chi connectivity index (χ2n) is 4.45. The van der Waals surface area contributed by atoms with Crippen molar-refractivity contribution in [2.24, 2.45) is 0 Å². The molecule has 0 amide bonds. The van der Waals surface area contributed by atoms with E-state index in [0.717, 1.165) is 0 Å². The van der Waals surface area contributed by atoms with Crippen molar-refractivity contribution in [2.75, 3.05) is 14.2 Å². The third kappa shape index (κ3) is 2.07. The number of hydrogen-bond donors (Lipinski definition) is 0. The van der Waals surface area contributed by atoms with Gasteiger partial charge in [-0.1, -0.05) is 0 Å². The first-order valence-corrected chi connectivity index (χ1v) is 6.48. The molecular weight excluding hydrogens is 304 g/mol. The molecule has 0 unspecified atom stereocenters. The lowest BCUT2D eigenvalue weighted by atomic mass is 10.4. The maximum absolute atomic E-state index is 5.19. The zero-order valence-electron chi connectivity index (χ0n) is 12.2. The minimum Gasteiger partial charge on any atom is -0.478 e. The van der Waals surface area contributed by atoms with Crippen LogP contribution in [0.25, 0.3) is 22.7 Å². The fourth-order valence-electron chi connectivity index (χ4n) is 2.11. The van der Waals surface area contributed by atoms with Gasteiger partial charge in [-0.05, 0) is 0 Å². The first kappa shape index (κ1) is 13.2. The van der Waals surface area contributed by atoms with Crippen LogP contribution in [0.15, 0.2) is 12.7 Å². The highest BCUT2D eigenvalue weighted by Crippen LogP contribution is 2.23. The van der Waals surface area contributed by atoms with Crippen molar-refractivity contribution in [1.29, 1.82) is 0 Å². The highest BCUT2D eigenvalue weighted by Gasteiger charge is 2.19. The summed E-state index contributed by atoms with van der Waals surface area (Å²) in [5, 5.41) is 24.1. The van der Waals surface area contributed by atoms with Crippen LogP contribution in [-0.4, -0.2) is 64.1 Å². The summed E-state index contributed by atoms with van der Waals surface area (Å²) in [6.45, 7) is 0.234. The fraction of sp³-hybridized carbons (Fsp3) is 0.273. The van der Waals surface area contributed by atoms with Gasteiger partial charge >= 0.3 is 0 Å². The van der Waals surface area contributed by atoms with E-state index in [1.165, 1.54) is 31.6 Å². The summed E-state index contributed by atoms with van der Waals surface area (Å²) in [7, 11) is 3.01. The van der Waals surface area contributed by atoms with E-state index in [2.05, 4.69) is 40.6 Å². The van der Waals surface area contributed by atoms with Crippen molar-refractivity contribution < 1.29 is 9.47 Å². The Kier molecular flexibility index (Phi) is 2.92. The Morgan fingerprint density at radius 2 is 1.87 bits per heavy atom. The summed E-state index contributed by atoms with van der Waals surface area (Å²) >= 11 is 0. The standard InChI is InChI=1S/C11H10N10O2/c1-22-10-6-8(15-17-10)18-20(4-13-6)5-21-9-7(11(19-21)23-2)12-3-14-16-9/h3-4H,5H2,1-2H3. The molecule has 116 valence electrons. The van der Waals surface area contributed by atoms with Gasteiger partial charge in [-0.3, -0.25) is 0 Å². The summed E-state index contributed by atoms with van der Waals surface area (Å²) in [5.74, 6) is 1.07. The van der Waals surface area contributed by atoms with Gasteiger partial charge in [-0.15, -0.1) is 30.6 Å². The van der Waals surface area contributed by atoms with Crippen molar-refractivity contribution in [3.63, 3.8) is 0 Å².